The van der Waals surface area contributed by atoms with Gasteiger partial charge in [-0.25, -0.2) is 0 Å². The van der Waals surface area contributed by atoms with Crippen LogP contribution < -0.4 is 10.1 Å². The first kappa shape index (κ1) is 16.7. The van der Waals surface area contributed by atoms with E-state index in [1.54, 1.807) is 32.9 Å². The molecule has 0 saturated heterocycles. The van der Waals surface area contributed by atoms with E-state index in [2.05, 4.69) is 27.9 Å². The Kier molecular flexibility index (Phi) is 6.25. The van der Waals surface area contributed by atoms with Crippen LogP contribution in [0.4, 0.5) is 0 Å². The molecule has 6 heteroatoms. The zero-order valence-corrected chi connectivity index (χ0v) is 13.9. The first-order chi connectivity index (χ1) is 9.26. The Labute approximate surface area is 132 Å². The standard InChI is InChI=1S/C14H18INO4/c1-14(2,3)20-13(18)8-16-12(17)9-19-11-6-4-10(15)5-7-11/h4-7H,8-9H2,1-3H3,(H,16,17). The third kappa shape index (κ3) is 7.32. The van der Waals surface area contributed by atoms with Crippen molar-refractivity contribution in [2.75, 3.05) is 13.2 Å². The van der Waals surface area contributed by atoms with Crippen molar-refractivity contribution in [2.45, 2.75) is 26.4 Å². The maximum atomic E-state index is 11.5. The van der Waals surface area contributed by atoms with Gasteiger partial charge in [-0.1, -0.05) is 0 Å². The van der Waals surface area contributed by atoms with E-state index in [1.165, 1.54) is 0 Å². The highest BCUT2D eigenvalue weighted by molar-refractivity contribution is 14.1. The molecule has 0 bridgehead atoms. The minimum atomic E-state index is -0.556. The average Bonchev–Trinajstić information content (AvgIpc) is 2.33. The molecule has 0 aliphatic rings. The van der Waals surface area contributed by atoms with Crippen LogP contribution in [-0.2, 0) is 14.3 Å². The molecule has 0 aromatic heterocycles. The third-order valence-electron chi connectivity index (χ3n) is 2.03. The number of carbonyl (C=O) groups excluding carboxylic acids is 2. The zero-order chi connectivity index (χ0) is 15.2. The van der Waals surface area contributed by atoms with Gasteiger partial charge in [-0.15, -0.1) is 0 Å². The van der Waals surface area contributed by atoms with Gasteiger partial charge in [0.25, 0.3) is 5.91 Å². The predicted molar refractivity (Wildman–Crippen MR) is 83.5 cm³/mol. The second kappa shape index (κ2) is 7.47. The third-order valence-corrected chi connectivity index (χ3v) is 2.75. The predicted octanol–water partition coefficient (Wildman–Crippen LogP) is 2.13. The molecule has 20 heavy (non-hydrogen) atoms. The van der Waals surface area contributed by atoms with Gasteiger partial charge in [-0.2, -0.15) is 0 Å². The van der Waals surface area contributed by atoms with E-state index in [-0.39, 0.29) is 19.1 Å². The van der Waals surface area contributed by atoms with E-state index < -0.39 is 11.6 Å². The molecule has 0 heterocycles. The molecule has 1 amide bonds. The van der Waals surface area contributed by atoms with Crippen LogP contribution in [0.5, 0.6) is 5.75 Å². The number of amides is 1. The van der Waals surface area contributed by atoms with Crippen LogP contribution in [0.1, 0.15) is 20.8 Å². The molecule has 1 aromatic carbocycles. The molecule has 0 atom stereocenters. The lowest BCUT2D eigenvalue weighted by Gasteiger charge is -2.19. The van der Waals surface area contributed by atoms with E-state index in [0.717, 1.165) is 3.57 Å². The fraction of sp³-hybridized carbons (Fsp3) is 0.429. The highest BCUT2D eigenvalue weighted by Gasteiger charge is 2.16. The molecule has 1 rings (SSSR count). The summed E-state index contributed by atoms with van der Waals surface area (Å²) in [7, 11) is 0. The van der Waals surface area contributed by atoms with Crippen LogP contribution in [0.2, 0.25) is 0 Å². The molecule has 5 nitrogen and oxygen atoms in total. The van der Waals surface area contributed by atoms with E-state index in [9.17, 15) is 9.59 Å². The van der Waals surface area contributed by atoms with Crippen molar-refractivity contribution in [3.63, 3.8) is 0 Å². The molecular formula is C14H18INO4. The van der Waals surface area contributed by atoms with Crippen molar-refractivity contribution < 1.29 is 19.1 Å². The van der Waals surface area contributed by atoms with Crippen molar-refractivity contribution in [1.29, 1.82) is 0 Å². The fourth-order valence-electron chi connectivity index (χ4n) is 1.28. The summed E-state index contributed by atoms with van der Waals surface area (Å²) in [5.74, 6) is -0.229. The maximum Gasteiger partial charge on any atom is 0.325 e. The second-order valence-corrected chi connectivity index (χ2v) is 6.35. The summed E-state index contributed by atoms with van der Waals surface area (Å²) >= 11 is 2.18. The summed E-state index contributed by atoms with van der Waals surface area (Å²) in [6, 6.07) is 7.33. The number of nitrogens with one attached hydrogen (secondary N) is 1. The molecular weight excluding hydrogens is 373 g/mol. The Morgan fingerprint density at radius 2 is 1.80 bits per heavy atom. The number of ether oxygens (including phenoxy) is 2. The first-order valence-corrected chi connectivity index (χ1v) is 7.21. The minimum absolute atomic E-state index is 0.136. The normalized spacial score (nSPS) is 10.8. The number of hydrogen-bond acceptors (Lipinski definition) is 4. The Morgan fingerprint density at radius 1 is 1.20 bits per heavy atom. The van der Waals surface area contributed by atoms with E-state index in [0.29, 0.717) is 5.75 Å². The van der Waals surface area contributed by atoms with Gasteiger partial charge in [0.15, 0.2) is 6.61 Å². The Bertz CT molecular complexity index is 465. The van der Waals surface area contributed by atoms with Gasteiger partial charge >= 0.3 is 5.97 Å². The van der Waals surface area contributed by atoms with Crippen molar-refractivity contribution in [3.8, 4) is 5.75 Å². The topological polar surface area (TPSA) is 64.6 Å². The Hall–Kier alpha value is -1.31. The molecule has 0 spiro atoms. The van der Waals surface area contributed by atoms with Gasteiger partial charge in [0, 0.05) is 3.57 Å². The smallest absolute Gasteiger partial charge is 0.325 e. The molecule has 1 N–H and O–H groups in total. The monoisotopic (exact) mass is 391 g/mol. The molecule has 0 radical (unpaired) electrons. The van der Waals surface area contributed by atoms with Crippen LogP contribution in [-0.4, -0.2) is 30.6 Å². The van der Waals surface area contributed by atoms with Crippen LogP contribution in [0.3, 0.4) is 0 Å². The van der Waals surface area contributed by atoms with Gasteiger partial charge in [-0.05, 0) is 67.6 Å². The van der Waals surface area contributed by atoms with Crippen LogP contribution in [0.25, 0.3) is 0 Å². The summed E-state index contributed by atoms with van der Waals surface area (Å²) in [5.41, 5.74) is -0.556. The molecule has 0 unspecified atom stereocenters. The summed E-state index contributed by atoms with van der Waals surface area (Å²) in [6.07, 6.45) is 0. The molecule has 110 valence electrons. The van der Waals surface area contributed by atoms with Crippen molar-refractivity contribution in [1.82, 2.24) is 5.32 Å². The maximum absolute atomic E-state index is 11.5. The Balaban J connectivity index is 2.27. The number of esters is 1. The molecule has 1 aromatic rings. The molecule has 0 saturated carbocycles. The zero-order valence-electron chi connectivity index (χ0n) is 11.7. The van der Waals surface area contributed by atoms with E-state index in [1.807, 2.05) is 12.1 Å². The number of carbonyl (C=O) groups is 2. The van der Waals surface area contributed by atoms with Crippen LogP contribution in [0, 0.1) is 3.57 Å². The van der Waals surface area contributed by atoms with Crippen LogP contribution in [0.15, 0.2) is 24.3 Å². The lowest BCUT2D eigenvalue weighted by molar-refractivity contribution is -0.154. The lowest BCUT2D eigenvalue weighted by atomic mass is 10.2. The van der Waals surface area contributed by atoms with Gasteiger partial charge < -0.3 is 14.8 Å². The van der Waals surface area contributed by atoms with Gasteiger partial charge in [-0.3, -0.25) is 9.59 Å². The van der Waals surface area contributed by atoms with Crippen molar-refractivity contribution >= 4 is 34.5 Å². The SMILES string of the molecule is CC(C)(C)OC(=O)CNC(=O)COc1ccc(I)cc1. The summed E-state index contributed by atoms with van der Waals surface area (Å²) in [6.45, 7) is 5.02. The molecule has 0 aliphatic carbocycles. The van der Waals surface area contributed by atoms with E-state index >= 15 is 0 Å². The summed E-state index contributed by atoms with van der Waals surface area (Å²) in [4.78, 5) is 22.9. The van der Waals surface area contributed by atoms with Gasteiger partial charge in [0.05, 0.1) is 0 Å². The first-order valence-electron chi connectivity index (χ1n) is 6.13. The largest absolute Gasteiger partial charge is 0.484 e. The number of halogens is 1. The highest BCUT2D eigenvalue weighted by Crippen LogP contribution is 2.13. The van der Waals surface area contributed by atoms with Gasteiger partial charge in [0.1, 0.15) is 17.9 Å². The average molecular weight is 391 g/mol. The van der Waals surface area contributed by atoms with Crippen molar-refractivity contribution in [2.24, 2.45) is 0 Å². The highest BCUT2D eigenvalue weighted by atomic mass is 127. The summed E-state index contributed by atoms with van der Waals surface area (Å²) in [5, 5.41) is 2.45. The Morgan fingerprint density at radius 3 is 2.35 bits per heavy atom. The summed E-state index contributed by atoms with van der Waals surface area (Å²) < 4.78 is 11.4. The van der Waals surface area contributed by atoms with E-state index in [4.69, 9.17) is 9.47 Å². The van der Waals surface area contributed by atoms with Crippen LogP contribution >= 0.6 is 22.6 Å². The number of hydrogen-bond donors (Lipinski definition) is 1. The van der Waals surface area contributed by atoms with Crippen molar-refractivity contribution in [3.05, 3.63) is 27.8 Å². The minimum Gasteiger partial charge on any atom is -0.484 e. The van der Waals surface area contributed by atoms with Gasteiger partial charge in [0.2, 0.25) is 0 Å². The lowest BCUT2D eigenvalue weighted by Crippen LogP contribution is -2.36. The molecule has 0 fully saturated rings. The molecule has 0 aliphatic heterocycles. The second-order valence-electron chi connectivity index (χ2n) is 5.11. The number of rotatable bonds is 5. The quantitative estimate of drug-likeness (QED) is 0.617. The number of benzene rings is 1. The fourth-order valence-corrected chi connectivity index (χ4v) is 1.64.